The summed E-state index contributed by atoms with van der Waals surface area (Å²) in [5, 5.41) is 3.99. The molecule has 1 aliphatic rings. The number of piperazine rings is 1. The molecular weight excluding hydrogens is 354 g/mol. The van der Waals surface area contributed by atoms with E-state index in [1.165, 1.54) is 5.01 Å². The van der Waals surface area contributed by atoms with E-state index in [-0.39, 0.29) is 11.3 Å². The van der Waals surface area contributed by atoms with Crippen molar-refractivity contribution in [3.8, 4) is 0 Å². The number of carbonyl (C=O) groups excluding carboxylic acids is 1. The molecule has 1 aliphatic heterocycles. The highest BCUT2D eigenvalue weighted by Crippen LogP contribution is 2.26. The molecule has 1 saturated heterocycles. The molecule has 25 heavy (non-hydrogen) atoms. The van der Waals surface area contributed by atoms with Gasteiger partial charge in [0.25, 0.3) is 5.91 Å². The van der Waals surface area contributed by atoms with Gasteiger partial charge >= 0.3 is 0 Å². The van der Waals surface area contributed by atoms with Crippen molar-refractivity contribution in [3.63, 3.8) is 0 Å². The quantitative estimate of drug-likeness (QED) is 0.809. The molecule has 0 N–H and O–H groups in total. The minimum Gasteiger partial charge on any atom is -0.336 e. The average molecular weight is 378 g/mol. The van der Waals surface area contributed by atoms with Crippen LogP contribution in [0.15, 0.2) is 29.6 Å². The zero-order chi connectivity index (χ0) is 18.0. The lowest BCUT2D eigenvalue weighted by Gasteiger charge is -2.34. The normalized spacial score (nSPS) is 16.2. The van der Waals surface area contributed by atoms with Gasteiger partial charge in [0.05, 0.1) is 10.7 Å². The van der Waals surface area contributed by atoms with Gasteiger partial charge in [-0.1, -0.05) is 32.4 Å². The second-order valence-electron chi connectivity index (χ2n) is 7.47. The zero-order valence-corrected chi connectivity index (χ0v) is 16.5. The highest BCUT2D eigenvalue weighted by atomic mass is 35.5. The van der Waals surface area contributed by atoms with Crippen molar-refractivity contribution in [2.75, 3.05) is 26.2 Å². The standard InChI is InChI=1S/C19H24ClN3OS/c1-19(2,3)18-21-16(13-25-18)12-22-8-10-23(11-9-22)17(24)14-4-6-15(20)7-5-14/h4-7,13H,8-12H2,1-3H3. The first kappa shape index (κ1) is 18.4. The van der Waals surface area contributed by atoms with Crippen LogP contribution in [-0.4, -0.2) is 46.9 Å². The maximum Gasteiger partial charge on any atom is 0.253 e. The number of hydrogen-bond donors (Lipinski definition) is 0. The lowest BCUT2D eigenvalue weighted by molar-refractivity contribution is 0.0627. The van der Waals surface area contributed by atoms with Crippen molar-refractivity contribution in [3.05, 3.63) is 50.9 Å². The van der Waals surface area contributed by atoms with Crippen molar-refractivity contribution in [2.24, 2.45) is 0 Å². The first-order valence-corrected chi connectivity index (χ1v) is 9.81. The molecule has 0 saturated carbocycles. The fourth-order valence-electron chi connectivity index (χ4n) is 2.84. The number of aromatic nitrogens is 1. The highest BCUT2D eigenvalue weighted by Gasteiger charge is 2.23. The minimum atomic E-state index is 0.0833. The Hall–Kier alpha value is -1.43. The monoisotopic (exact) mass is 377 g/mol. The van der Waals surface area contributed by atoms with Gasteiger partial charge in [0.15, 0.2) is 0 Å². The smallest absolute Gasteiger partial charge is 0.253 e. The molecule has 2 aromatic rings. The van der Waals surface area contributed by atoms with Gasteiger partial charge in [-0.2, -0.15) is 0 Å². The van der Waals surface area contributed by atoms with E-state index in [4.69, 9.17) is 16.6 Å². The second-order valence-corrected chi connectivity index (χ2v) is 8.76. The molecule has 1 amide bonds. The van der Waals surface area contributed by atoms with Gasteiger partial charge in [-0.25, -0.2) is 4.98 Å². The van der Waals surface area contributed by atoms with Crippen molar-refractivity contribution >= 4 is 28.8 Å². The summed E-state index contributed by atoms with van der Waals surface area (Å²) in [6, 6.07) is 7.11. The van der Waals surface area contributed by atoms with Gasteiger partial charge in [0.1, 0.15) is 0 Å². The predicted molar refractivity (Wildman–Crippen MR) is 103 cm³/mol. The lowest BCUT2D eigenvalue weighted by atomic mass is 9.98. The Morgan fingerprint density at radius 2 is 1.80 bits per heavy atom. The summed E-state index contributed by atoms with van der Waals surface area (Å²) < 4.78 is 0. The van der Waals surface area contributed by atoms with Gasteiger partial charge in [0, 0.05) is 54.1 Å². The van der Waals surface area contributed by atoms with Crippen LogP contribution in [0.4, 0.5) is 0 Å². The number of thiazole rings is 1. The van der Waals surface area contributed by atoms with Crippen LogP contribution in [0.25, 0.3) is 0 Å². The van der Waals surface area contributed by atoms with Gasteiger partial charge in [-0.15, -0.1) is 11.3 Å². The first-order valence-electron chi connectivity index (χ1n) is 8.55. The molecule has 6 heteroatoms. The molecule has 0 radical (unpaired) electrons. The third-order valence-electron chi connectivity index (χ3n) is 4.33. The fraction of sp³-hybridized carbons (Fsp3) is 0.474. The molecule has 134 valence electrons. The molecule has 4 nitrogen and oxygen atoms in total. The predicted octanol–water partition coefficient (Wildman–Crippen LogP) is 4.05. The largest absolute Gasteiger partial charge is 0.336 e. The first-order chi connectivity index (χ1) is 11.8. The Morgan fingerprint density at radius 1 is 1.16 bits per heavy atom. The van der Waals surface area contributed by atoms with Gasteiger partial charge < -0.3 is 4.90 Å². The maximum atomic E-state index is 12.5. The Kier molecular flexibility index (Phi) is 5.46. The number of carbonyl (C=O) groups is 1. The number of halogens is 1. The Balaban J connectivity index is 1.54. The van der Waals surface area contributed by atoms with Crippen molar-refractivity contribution in [2.45, 2.75) is 32.7 Å². The Morgan fingerprint density at radius 3 is 2.36 bits per heavy atom. The summed E-state index contributed by atoms with van der Waals surface area (Å²) in [5.74, 6) is 0.0833. The average Bonchev–Trinajstić information content (AvgIpc) is 3.04. The second kappa shape index (κ2) is 7.44. The van der Waals surface area contributed by atoms with Crippen LogP contribution >= 0.6 is 22.9 Å². The van der Waals surface area contributed by atoms with E-state index in [9.17, 15) is 4.79 Å². The molecule has 0 aliphatic carbocycles. The molecule has 3 rings (SSSR count). The number of nitrogens with zero attached hydrogens (tertiary/aromatic N) is 3. The number of amides is 1. The van der Waals surface area contributed by atoms with Crippen LogP contribution < -0.4 is 0 Å². The van der Waals surface area contributed by atoms with E-state index in [2.05, 4.69) is 31.1 Å². The lowest BCUT2D eigenvalue weighted by Crippen LogP contribution is -2.48. The van der Waals surface area contributed by atoms with Crippen molar-refractivity contribution < 1.29 is 4.79 Å². The molecule has 1 fully saturated rings. The molecule has 1 aromatic heterocycles. The third-order valence-corrected chi connectivity index (χ3v) is 5.90. The number of benzene rings is 1. The summed E-state index contributed by atoms with van der Waals surface area (Å²) >= 11 is 7.63. The SMILES string of the molecule is CC(C)(C)c1nc(CN2CCN(C(=O)c3ccc(Cl)cc3)CC2)cs1. The molecule has 1 aromatic carbocycles. The van der Waals surface area contributed by atoms with E-state index in [0.717, 1.165) is 38.4 Å². The van der Waals surface area contributed by atoms with E-state index in [1.54, 1.807) is 35.6 Å². The summed E-state index contributed by atoms with van der Waals surface area (Å²) in [5.41, 5.74) is 1.94. The molecular formula is C19H24ClN3OS. The van der Waals surface area contributed by atoms with Gasteiger partial charge in [0.2, 0.25) is 0 Å². The third kappa shape index (κ3) is 4.60. The number of hydrogen-bond acceptors (Lipinski definition) is 4. The van der Waals surface area contributed by atoms with Crippen LogP contribution in [0.2, 0.25) is 5.02 Å². The van der Waals surface area contributed by atoms with Crippen LogP contribution in [0.5, 0.6) is 0 Å². The topological polar surface area (TPSA) is 36.4 Å². The maximum absolute atomic E-state index is 12.5. The van der Waals surface area contributed by atoms with Crippen LogP contribution in [0.1, 0.15) is 41.8 Å². The van der Waals surface area contributed by atoms with Crippen LogP contribution in [-0.2, 0) is 12.0 Å². The molecule has 2 heterocycles. The zero-order valence-electron chi connectivity index (χ0n) is 15.0. The number of rotatable bonds is 3. The van der Waals surface area contributed by atoms with Crippen LogP contribution in [0.3, 0.4) is 0 Å². The molecule has 0 atom stereocenters. The van der Waals surface area contributed by atoms with E-state index in [0.29, 0.717) is 10.6 Å². The van der Waals surface area contributed by atoms with Gasteiger partial charge in [-0.05, 0) is 24.3 Å². The van der Waals surface area contributed by atoms with Crippen LogP contribution in [0, 0.1) is 0 Å². The summed E-state index contributed by atoms with van der Waals surface area (Å²) in [6.45, 7) is 10.7. The Labute approximate surface area is 158 Å². The summed E-state index contributed by atoms with van der Waals surface area (Å²) in [7, 11) is 0. The van der Waals surface area contributed by atoms with Crippen molar-refractivity contribution in [1.29, 1.82) is 0 Å². The molecule has 0 bridgehead atoms. The van der Waals surface area contributed by atoms with Crippen molar-refractivity contribution in [1.82, 2.24) is 14.8 Å². The van der Waals surface area contributed by atoms with E-state index < -0.39 is 0 Å². The van der Waals surface area contributed by atoms with E-state index in [1.807, 2.05) is 4.90 Å². The van der Waals surface area contributed by atoms with E-state index >= 15 is 0 Å². The Bertz CT molecular complexity index is 728. The minimum absolute atomic E-state index is 0.0833. The summed E-state index contributed by atoms with van der Waals surface area (Å²) in [4.78, 5) is 21.6. The fourth-order valence-corrected chi connectivity index (χ4v) is 3.86. The molecule has 0 unspecified atom stereocenters. The van der Waals surface area contributed by atoms with Gasteiger partial charge in [-0.3, -0.25) is 9.69 Å². The summed E-state index contributed by atoms with van der Waals surface area (Å²) in [6.07, 6.45) is 0. The highest BCUT2D eigenvalue weighted by molar-refractivity contribution is 7.09. The molecule has 0 spiro atoms.